The molecule has 0 aliphatic carbocycles. The van der Waals surface area contributed by atoms with Crippen LogP contribution in [0.25, 0.3) is 0 Å². The van der Waals surface area contributed by atoms with Gasteiger partial charge < -0.3 is 4.74 Å². The molecule has 1 atom stereocenters. The van der Waals surface area contributed by atoms with Crippen molar-refractivity contribution < 1.29 is 9.53 Å². The summed E-state index contributed by atoms with van der Waals surface area (Å²) >= 11 is 0. The molecule has 0 heterocycles. The zero-order chi connectivity index (χ0) is 13.3. The first-order valence-corrected chi connectivity index (χ1v) is 6.74. The Hall–Kier alpha value is -0.790. The van der Waals surface area contributed by atoms with Crippen molar-refractivity contribution in [2.24, 2.45) is 5.92 Å². The normalized spacial score (nSPS) is 13.9. The van der Waals surface area contributed by atoms with Crippen LogP contribution in [-0.2, 0) is 9.53 Å². The Labute approximate surface area is 106 Å². The third-order valence-corrected chi connectivity index (χ3v) is 2.54. The van der Waals surface area contributed by atoms with Gasteiger partial charge in [-0.25, -0.2) is 0 Å². The lowest BCUT2D eigenvalue weighted by Crippen LogP contribution is -2.28. The fourth-order valence-electron chi connectivity index (χ4n) is 1.76. The lowest BCUT2D eigenvalue weighted by Gasteiger charge is -2.23. The monoisotopic (exact) mass is 240 g/mol. The maximum atomic E-state index is 12.0. The number of ether oxygens (including phenoxy) is 1. The molecule has 2 nitrogen and oxygen atoms in total. The molecule has 100 valence electrons. The quantitative estimate of drug-likeness (QED) is 0.372. The van der Waals surface area contributed by atoms with Gasteiger partial charge in [0.05, 0.1) is 5.92 Å². The summed E-state index contributed by atoms with van der Waals surface area (Å²) in [7, 11) is 0. The van der Waals surface area contributed by atoms with Crippen molar-refractivity contribution in [3.05, 3.63) is 12.2 Å². The average molecular weight is 240 g/mol. The number of carbonyl (C=O) groups is 1. The molecule has 0 bridgehead atoms. The number of rotatable bonds is 7. The van der Waals surface area contributed by atoms with Gasteiger partial charge in [0.25, 0.3) is 0 Å². The first-order chi connectivity index (χ1) is 7.90. The minimum Gasteiger partial charge on any atom is -0.460 e. The van der Waals surface area contributed by atoms with Crippen LogP contribution in [0.3, 0.4) is 0 Å². The number of hydrogen-bond acceptors (Lipinski definition) is 2. The van der Waals surface area contributed by atoms with Crippen LogP contribution in [0.2, 0.25) is 0 Å². The summed E-state index contributed by atoms with van der Waals surface area (Å²) < 4.78 is 5.45. The molecule has 0 saturated heterocycles. The molecule has 17 heavy (non-hydrogen) atoms. The Bertz CT molecular complexity index is 236. The van der Waals surface area contributed by atoms with E-state index in [-0.39, 0.29) is 17.5 Å². The van der Waals surface area contributed by atoms with E-state index in [0.29, 0.717) is 0 Å². The highest BCUT2D eigenvalue weighted by Gasteiger charge is 2.23. The van der Waals surface area contributed by atoms with Gasteiger partial charge in [0.15, 0.2) is 0 Å². The molecule has 0 aromatic rings. The summed E-state index contributed by atoms with van der Waals surface area (Å²) in [6, 6.07) is 0. The molecule has 0 N–H and O–H groups in total. The Morgan fingerprint density at radius 2 is 1.94 bits per heavy atom. The van der Waals surface area contributed by atoms with E-state index in [1.54, 1.807) is 0 Å². The van der Waals surface area contributed by atoms with Crippen molar-refractivity contribution in [1.82, 2.24) is 0 Å². The van der Waals surface area contributed by atoms with Gasteiger partial charge in [-0.05, 0) is 53.4 Å². The molecule has 0 radical (unpaired) electrons. The van der Waals surface area contributed by atoms with E-state index >= 15 is 0 Å². The van der Waals surface area contributed by atoms with Crippen LogP contribution in [0.15, 0.2) is 12.2 Å². The highest BCUT2D eigenvalue weighted by Crippen LogP contribution is 2.20. The number of esters is 1. The predicted octanol–water partition coefficient (Wildman–Crippen LogP) is 4.49. The number of hydrogen-bond donors (Lipinski definition) is 0. The van der Waals surface area contributed by atoms with Gasteiger partial charge in [-0.2, -0.15) is 0 Å². The second-order valence-corrected chi connectivity index (χ2v) is 5.52. The zero-order valence-corrected chi connectivity index (χ0v) is 12.1. The summed E-state index contributed by atoms with van der Waals surface area (Å²) in [6.07, 6.45) is 9.24. The van der Waals surface area contributed by atoms with Crippen LogP contribution in [-0.4, -0.2) is 11.6 Å². The largest absolute Gasteiger partial charge is 0.460 e. The van der Waals surface area contributed by atoms with E-state index in [0.717, 1.165) is 32.1 Å². The fourth-order valence-corrected chi connectivity index (χ4v) is 1.76. The molecular weight excluding hydrogens is 212 g/mol. The molecular formula is C15H28O2. The maximum absolute atomic E-state index is 12.0. The summed E-state index contributed by atoms with van der Waals surface area (Å²) in [6.45, 7) is 9.91. The van der Waals surface area contributed by atoms with Crippen molar-refractivity contribution in [3.63, 3.8) is 0 Å². The van der Waals surface area contributed by atoms with Crippen molar-refractivity contribution >= 4 is 5.97 Å². The van der Waals surface area contributed by atoms with Gasteiger partial charge in [-0.3, -0.25) is 4.79 Å². The van der Waals surface area contributed by atoms with E-state index in [4.69, 9.17) is 4.74 Å². The minimum atomic E-state index is -0.369. The van der Waals surface area contributed by atoms with Crippen molar-refractivity contribution in [1.29, 1.82) is 0 Å². The van der Waals surface area contributed by atoms with Gasteiger partial charge in [0.2, 0.25) is 0 Å². The van der Waals surface area contributed by atoms with Gasteiger partial charge in [0, 0.05) is 0 Å². The van der Waals surface area contributed by atoms with Crippen LogP contribution in [0.4, 0.5) is 0 Å². The molecule has 0 aliphatic rings. The molecule has 0 aliphatic heterocycles. The third kappa shape index (κ3) is 8.96. The van der Waals surface area contributed by atoms with E-state index in [9.17, 15) is 4.79 Å². The van der Waals surface area contributed by atoms with Gasteiger partial charge in [-0.15, -0.1) is 0 Å². The van der Waals surface area contributed by atoms with E-state index < -0.39 is 0 Å². The molecule has 0 aromatic heterocycles. The smallest absolute Gasteiger partial charge is 0.309 e. The Morgan fingerprint density at radius 3 is 2.41 bits per heavy atom. The molecule has 0 amide bonds. The Kier molecular flexibility index (Phi) is 7.94. The Balaban J connectivity index is 4.16. The Morgan fingerprint density at radius 1 is 1.29 bits per heavy atom. The predicted molar refractivity (Wildman–Crippen MR) is 72.9 cm³/mol. The van der Waals surface area contributed by atoms with Crippen LogP contribution in [0.1, 0.15) is 66.7 Å². The van der Waals surface area contributed by atoms with Crippen molar-refractivity contribution in [2.45, 2.75) is 72.3 Å². The second-order valence-electron chi connectivity index (χ2n) is 5.52. The van der Waals surface area contributed by atoms with E-state index in [1.165, 1.54) is 0 Å². The summed E-state index contributed by atoms with van der Waals surface area (Å²) in [5.41, 5.74) is -0.369. The average Bonchev–Trinajstić information content (AvgIpc) is 2.20. The summed E-state index contributed by atoms with van der Waals surface area (Å²) in [5, 5.41) is 0. The van der Waals surface area contributed by atoms with Crippen molar-refractivity contribution in [2.75, 3.05) is 0 Å². The zero-order valence-electron chi connectivity index (χ0n) is 12.1. The summed E-state index contributed by atoms with van der Waals surface area (Å²) in [5.74, 6) is 0.0457. The molecule has 0 fully saturated rings. The van der Waals surface area contributed by atoms with E-state index in [1.807, 2.05) is 27.7 Å². The molecule has 2 heteroatoms. The first kappa shape index (κ1) is 16.2. The molecule has 0 rings (SSSR count). The molecule has 0 saturated carbocycles. The standard InChI is InChI=1S/C15H28O2/c1-6-8-9-10-12-13(11-7-2)14(16)17-15(3,4)5/h6,8,13H,7,9-12H2,1-5H3. The third-order valence-electron chi connectivity index (χ3n) is 2.54. The topological polar surface area (TPSA) is 26.3 Å². The number of unbranched alkanes of at least 4 members (excludes halogenated alkanes) is 1. The number of allylic oxidation sites excluding steroid dienone is 2. The van der Waals surface area contributed by atoms with Gasteiger partial charge in [-0.1, -0.05) is 25.5 Å². The van der Waals surface area contributed by atoms with Crippen molar-refractivity contribution in [3.8, 4) is 0 Å². The van der Waals surface area contributed by atoms with Crippen LogP contribution in [0.5, 0.6) is 0 Å². The first-order valence-electron chi connectivity index (χ1n) is 6.74. The van der Waals surface area contributed by atoms with Crippen LogP contribution >= 0.6 is 0 Å². The molecule has 1 unspecified atom stereocenters. The highest BCUT2D eigenvalue weighted by molar-refractivity contribution is 5.72. The lowest BCUT2D eigenvalue weighted by molar-refractivity contribution is -0.160. The van der Waals surface area contributed by atoms with E-state index in [2.05, 4.69) is 19.1 Å². The SMILES string of the molecule is CC=CCCCC(CCC)C(=O)OC(C)(C)C. The lowest BCUT2D eigenvalue weighted by atomic mass is 9.96. The minimum absolute atomic E-state index is 0.0279. The fraction of sp³-hybridized carbons (Fsp3) is 0.800. The molecule has 0 spiro atoms. The number of carbonyl (C=O) groups excluding carboxylic acids is 1. The maximum Gasteiger partial charge on any atom is 0.309 e. The van der Waals surface area contributed by atoms with Crippen LogP contribution < -0.4 is 0 Å². The van der Waals surface area contributed by atoms with Gasteiger partial charge >= 0.3 is 5.97 Å². The highest BCUT2D eigenvalue weighted by atomic mass is 16.6. The summed E-state index contributed by atoms with van der Waals surface area (Å²) in [4.78, 5) is 12.0. The van der Waals surface area contributed by atoms with Crippen LogP contribution in [0, 0.1) is 5.92 Å². The second kappa shape index (κ2) is 8.32. The van der Waals surface area contributed by atoms with Gasteiger partial charge in [0.1, 0.15) is 5.60 Å². The molecule has 0 aromatic carbocycles.